The van der Waals surface area contributed by atoms with E-state index in [-0.39, 0.29) is 18.1 Å². The summed E-state index contributed by atoms with van der Waals surface area (Å²) in [7, 11) is 0. The summed E-state index contributed by atoms with van der Waals surface area (Å²) in [5.41, 5.74) is 4.07. The molecule has 0 fully saturated rings. The van der Waals surface area contributed by atoms with E-state index in [2.05, 4.69) is 26.9 Å². The van der Waals surface area contributed by atoms with Gasteiger partial charge in [-0.15, -0.1) is 10.2 Å². The Morgan fingerprint density at radius 2 is 1.85 bits per heavy atom. The van der Waals surface area contributed by atoms with Crippen LogP contribution in [-0.2, 0) is 19.6 Å². The molecule has 0 bridgehead atoms. The Hall–Kier alpha value is -3.03. The lowest BCUT2D eigenvalue weighted by Gasteiger charge is -2.10. The number of ether oxygens (including phenoxy) is 1. The third-order valence-electron chi connectivity index (χ3n) is 5.30. The number of carbonyl (C=O) groups is 1. The largest absolute Gasteiger partial charge is 0.482 e. The second kappa shape index (κ2) is 10.7. The highest BCUT2D eigenvalue weighted by atomic mass is 35.5. The molecule has 2 aromatic heterocycles. The number of rotatable bonds is 10. The van der Waals surface area contributed by atoms with Gasteiger partial charge in [0.15, 0.2) is 12.4 Å². The zero-order valence-corrected chi connectivity index (χ0v) is 20.0. The minimum Gasteiger partial charge on any atom is -0.482 e. The van der Waals surface area contributed by atoms with Gasteiger partial charge in [-0.1, -0.05) is 65.8 Å². The average Bonchev–Trinajstić information content (AvgIpc) is 3.40. The SMILES string of the molecule is Cc1cc(C(=O)CSc2nnc(COc3ccccc3Cl)o2)c(C)n1CCc1ccccc1. The molecule has 0 spiro atoms. The molecule has 0 amide bonds. The molecule has 0 aliphatic carbocycles. The van der Waals surface area contributed by atoms with Crippen LogP contribution in [0.5, 0.6) is 5.75 Å². The zero-order chi connectivity index (χ0) is 23.2. The highest BCUT2D eigenvalue weighted by molar-refractivity contribution is 7.99. The maximum atomic E-state index is 12.9. The Morgan fingerprint density at radius 3 is 2.64 bits per heavy atom. The number of nitrogens with zero attached hydrogens (tertiary/aromatic N) is 3. The number of ketones is 1. The number of Topliss-reactive ketones (excluding diaryl/α,β-unsaturated/α-hetero) is 1. The molecular weight excluding hydrogens is 458 g/mol. The molecule has 0 aliphatic rings. The topological polar surface area (TPSA) is 70.2 Å². The summed E-state index contributed by atoms with van der Waals surface area (Å²) >= 11 is 7.30. The van der Waals surface area contributed by atoms with Gasteiger partial charge < -0.3 is 13.7 Å². The summed E-state index contributed by atoms with van der Waals surface area (Å²) in [5.74, 6) is 1.12. The van der Waals surface area contributed by atoms with E-state index in [1.807, 2.05) is 50.2 Å². The lowest BCUT2D eigenvalue weighted by atomic mass is 10.1. The average molecular weight is 482 g/mol. The van der Waals surface area contributed by atoms with Crippen LogP contribution < -0.4 is 4.74 Å². The Balaban J connectivity index is 1.32. The van der Waals surface area contributed by atoms with Crippen molar-refractivity contribution >= 4 is 29.1 Å². The Labute approximate surface area is 201 Å². The monoisotopic (exact) mass is 481 g/mol. The van der Waals surface area contributed by atoms with Crippen LogP contribution in [0.15, 0.2) is 70.3 Å². The van der Waals surface area contributed by atoms with Crippen molar-refractivity contribution in [2.24, 2.45) is 0 Å². The van der Waals surface area contributed by atoms with E-state index in [0.29, 0.717) is 21.9 Å². The summed E-state index contributed by atoms with van der Waals surface area (Å²) in [5, 5.41) is 8.83. The smallest absolute Gasteiger partial charge is 0.277 e. The van der Waals surface area contributed by atoms with Crippen molar-refractivity contribution in [3.8, 4) is 5.75 Å². The van der Waals surface area contributed by atoms with Crippen LogP contribution in [0, 0.1) is 13.8 Å². The van der Waals surface area contributed by atoms with E-state index < -0.39 is 0 Å². The number of aromatic nitrogens is 3. The molecule has 0 unspecified atom stereocenters. The van der Waals surface area contributed by atoms with Gasteiger partial charge in [-0.2, -0.15) is 0 Å². The van der Waals surface area contributed by atoms with Crippen molar-refractivity contribution in [2.75, 3.05) is 5.75 Å². The standard InChI is InChI=1S/C25H24ClN3O3S/c1-17-14-20(18(2)29(17)13-12-19-8-4-3-5-9-19)22(30)16-33-25-28-27-24(32-25)15-31-23-11-7-6-10-21(23)26/h3-11,14H,12-13,15-16H2,1-2H3. The minimum atomic E-state index is 0.0335. The number of hydrogen-bond donors (Lipinski definition) is 0. The predicted molar refractivity (Wildman–Crippen MR) is 129 cm³/mol. The van der Waals surface area contributed by atoms with Crippen molar-refractivity contribution < 1.29 is 13.9 Å². The minimum absolute atomic E-state index is 0.0335. The zero-order valence-electron chi connectivity index (χ0n) is 18.5. The van der Waals surface area contributed by atoms with E-state index in [9.17, 15) is 4.79 Å². The van der Waals surface area contributed by atoms with Crippen LogP contribution in [0.2, 0.25) is 5.02 Å². The van der Waals surface area contributed by atoms with Crippen molar-refractivity contribution in [2.45, 2.75) is 38.6 Å². The molecule has 0 radical (unpaired) electrons. The van der Waals surface area contributed by atoms with Gasteiger partial charge in [0.2, 0.25) is 0 Å². The molecular formula is C25H24ClN3O3S. The van der Waals surface area contributed by atoms with Gasteiger partial charge in [-0.3, -0.25) is 4.79 Å². The number of halogens is 1. The van der Waals surface area contributed by atoms with E-state index >= 15 is 0 Å². The second-order valence-electron chi connectivity index (χ2n) is 7.56. The number of para-hydroxylation sites is 1. The summed E-state index contributed by atoms with van der Waals surface area (Å²) in [6.07, 6.45) is 0.917. The van der Waals surface area contributed by atoms with Crippen LogP contribution in [0.4, 0.5) is 0 Å². The summed E-state index contributed by atoms with van der Waals surface area (Å²) in [6.45, 7) is 4.96. The molecule has 170 valence electrons. The van der Waals surface area contributed by atoms with Gasteiger partial charge in [-0.25, -0.2) is 0 Å². The van der Waals surface area contributed by atoms with Gasteiger partial charge in [0.1, 0.15) is 5.75 Å². The van der Waals surface area contributed by atoms with Crippen LogP contribution in [0.25, 0.3) is 0 Å². The maximum Gasteiger partial charge on any atom is 0.277 e. The third kappa shape index (κ3) is 5.86. The highest BCUT2D eigenvalue weighted by Crippen LogP contribution is 2.25. The van der Waals surface area contributed by atoms with Crippen LogP contribution >= 0.6 is 23.4 Å². The summed E-state index contributed by atoms with van der Waals surface area (Å²) in [6, 6.07) is 19.5. The van der Waals surface area contributed by atoms with E-state index in [4.69, 9.17) is 20.8 Å². The van der Waals surface area contributed by atoms with Crippen LogP contribution in [0.1, 0.15) is 33.2 Å². The van der Waals surface area contributed by atoms with Gasteiger partial charge in [0, 0.05) is 23.5 Å². The normalized spacial score (nSPS) is 11.0. The molecule has 0 N–H and O–H groups in total. The lowest BCUT2D eigenvalue weighted by Crippen LogP contribution is -2.08. The first-order chi connectivity index (χ1) is 16.0. The van der Waals surface area contributed by atoms with E-state index in [1.54, 1.807) is 12.1 Å². The maximum absolute atomic E-state index is 12.9. The molecule has 2 heterocycles. The van der Waals surface area contributed by atoms with Gasteiger partial charge >= 0.3 is 0 Å². The Kier molecular flexibility index (Phi) is 7.52. The Bertz CT molecular complexity index is 1240. The molecule has 2 aromatic carbocycles. The van der Waals surface area contributed by atoms with Crippen molar-refractivity contribution in [3.05, 3.63) is 94.1 Å². The first-order valence-electron chi connectivity index (χ1n) is 10.6. The van der Waals surface area contributed by atoms with Gasteiger partial charge in [-0.05, 0) is 44.0 Å². The molecule has 0 saturated heterocycles. The van der Waals surface area contributed by atoms with Crippen LogP contribution in [0.3, 0.4) is 0 Å². The first-order valence-corrected chi connectivity index (χ1v) is 11.9. The number of thioether (sulfide) groups is 1. The lowest BCUT2D eigenvalue weighted by molar-refractivity contribution is 0.102. The first kappa shape index (κ1) is 23.1. The molecule has 0 atom stereocenters. The van der Waals surface area contributed by atoms with Crippen molar-refractivity contribution in [1.29, 1.82) is 0 Å². The molecule has 33 heavy (non-hydrogen) atoms. The molecule has 6 nitrogen and oxygen atoms in total. The second-order valence-corrected chi connectivity index (χ2v) is 8.90. The summed E-state index contributed by atoms with van der Waals surface area (Å²) in [4.78, 5) is 12.9. The number of benzene rings is 2. The Morgan fingerprint density at radius 1 is 1.09 bits per heavy atom. The highest BCUT2D eigenvalue weighted by Gasteiger charge is 2.17. The number of carbonyl (C=O) groups excluding carboxylic acids is 1. The van der Waals surface area contributed by atoms with Crippen molar-refractivity contribution in [1.82, 2.24) is 14.8 Å². The fourth-order valence-electron chi connectivity index (χ4n) is 3.57. The summed E-state index contributed by atoms with van der Waals surface area (Å²) < 4.78 is 13.4. The van der Waals surface area contributed by atoms with Crippen LogP contribution in [-0.4, -0.2) is 26.3 Å². The fourth-order valence-corrected chi connectivity index (χ4v) is 4.43. The molecule has 0 saturated carbocycles. The number of aryl methyl sites for hydroxylation is 2. The molecule has 0 aliphatic heterocycles. The van der Waals surface area contributed by atoms with Crippen molar-refractivity contribution in [3.63, 3.8) is 0 Å². The van der Waals surface area contributed by atoms with E-state index in [0.717, 1.165) is 29.9 Å². The fraction of sp³-hybridized carbons (Fsp3) is 0.240. The van der Waals surface area contributed by atoms with Gasteiger partial charge in [0.25, 0.3) is 11.1 Å². The quantitative estimate of drug-likeness (QED) is 0.206. The molecule has 4 rings (SSSR count). The van der Waals surface area contributed by atoms with E-state index in [1.165, 1.54) is 17.3 Å². The molecule has 8 heteroatoms. The molecule has 4 aromatic rings. The van der Waals surface area contributed by atoms with Gasteiger partial charge in [0.05, 0.1) is 10.8 Å². The number of hydrogen-bond acceptors (Lipinski definition) is 6. The third-order valence-corrected chi connectivity index (χ3v) is 6.43. The predicted octanol–water partition coefficient (Wildman–Crippen LogP) is 5.94.